The highest BCUT2D eigenvalue weighted by molar-refractivity contribution is 6.32. The van der Waals surface area contributed by atoms with Gasteiger partial charge in [-0.3, -0.25) is 4.79 Å². The number of benzene rings is 1. The van der Waals surface area contributed by atoms with Crippen LogP contribution in [-0.2, 0) is 7.05 Å². The Hall–Kier alpha value is -1.68. The fraction of sp³-hybridized carbons (Fsp3) is 0.182. The van der Waals surface area contributed by atoms with Gasteiger partial charge in [0.25, 0.3) is 0 Å². The zero-order chi connectivity index (χ0) is 11.7. The van der Waals surface area contributed by atoms with Crippen LogP contribution in [0.5, 0.6) is 0 Å². The maximum atomic E-state index is 12.1. The van der Waals surface area contributed by atoms with E-state index in [-0.39, 0.29) is 5.78 Å². The van der Waals surface area contributed by atoms with Crippen molar-refractivity contribution in [2.75, 3.05) is 0 Å². The van der Waals surface area contributed by atoms with E-state index in [1.807, 2.05) is 6.92 Å². The highest BCUT2D eigenvalue weighted by atomic mass is 35.5. The molecule has 16 heavy (non-hydrogen) atoms. The third-order valence-corrected chi connectivity index (χ3v) is 2.87. The molecule has 2 aromatic rings. The zero-order valence-corrected chi connectivity index (χ0v) is 9.69. The molecule has 1 aromatic carbocycles. The van der Waals surface area contributed by atoms with Gasteiger partial charge in [0.1, 0.15) is 5.69 Å². The molecule has 0 N–H and O–H groups in total. The van der Waals surface area contributed by atoms with E-state index in [1.54, 1.807) is 25.2 Å². The summed E-state index contributed by atoms with van der Waals surface area (Å²) in [7, 11) is 1.68. The van der Waals surface area contributed by atoms with Crippen molar-refractivity contribution in [3.8, 4) is 0 Å². The molecule has 0 aliphatic carbocycles. The van der Waals surface area contributed by atoms with Gasteiger partial charge in [0.15, 0.2) is 0 Å². The predicted octanol–water partition coefficient (Wildman–Crippen LogP) is 2.01. The highest BCUT2D eigenvalue weighted by Crippen LogP contribution is 2.20. The van der Waals surface area contributed by atoms with Crippen LogP contribution in [0.25, 0.3) is 0 Å². The van der Waals surface area contributed by atoms with Gasteiger partial charge in [0.05, 0.1) is 6.20 Å². The van der Waals surface area contributed by atoms with Crippen molar-refractivity contribution < 1.29 is 4.79 Å². The van der Waals surface area contributed by atoms with Crippen LogP contribution in [0.3, 0.4) is 0 Å². The molecule has 5 heteroatoms. The molecule has 0 aliphatic rings. The van der Waals surface area contributed by atoms with Crippen molar-refractivity contribution in [3.63, 3.8) is 0 Å². The largest absolute Gasteiger partial charge is 0.287 e. The SMILES string of the molecule is Cc1c(Cl)cccc1C(=O)c1cnnn1C. The molecule has 0 saturated carbocycles. The topological polar surface area (TPSA) is 47.8 Å². The summed E-state index contributed by atoms with van der Waals surface area (Å²) in [6, 6.07) is 5.26. The van der Waals surface area contributed by atoms with Crippen molar-refractivity contribution in [3.05, 3.63) is 46.2 Å². The van der Waals surface area contributed by atoms with Crippen LogP contribution in [0.15, 0.2) is 24.4 Å². The normalized spacial score (nSPS) is 10.4. The number of hydrogen-bond donors (Lipinski definition) is 0. The summed E-state index contributed by atoms with van der Waals surface area (Å²) in [4.78, 5) is 12.1. The molecule has 1 heterocycles. The van der Waals surface area contributed by atoms with E-state index in [1.165, 1.54) is 10.9 Å². The van der Waals surface area contributed by atoms with Crippen LogP contribution in [0, 0.1) is 6.92 Å². The smallest absolute Gasteiger partial charge is 0.212 e. The minimum Gasteiger partial charge on any atom is -0.287 e. The highest BCUT2D eigenvalue weighted by Gasteiger charge is 2.16. The Labute approximate surface area is 97.8 Å². The van der Waals surface area contributed by atoms with E-state index < -0.39 is 0 Å². The van der Waals surface area contributed by atoms with Crippen LogP contribution < -0.4 is 0 Å². The second kappa shape index (κ2) is 4.06. The number of aryl methyl sites for hydroxylation is 1. The Morgan fingerprint density at radius 1 is 1.44 bits per heavy atom. The van der Waals surface area contributed by atoms with Gasteiger partial charge in [-0.2, -0.15) is 0 Å². The van der Waals surface area contributed by atoms with Crippen molar-refractivity contribution in [2.24, 2.45) is 7.05 Å². The van der Waals surface area contributed by atoms with E-state index in [0.29, 0.717) is 16.3 Å². The van der Waals surface area contributed by atoms with Crippen molar-refractivity contribution >= 4 is 17.4 Å². The summed E-state index contributed by atoms with van der Waals surface area (Å²) in [5.41, 5.74) is 1.80. The lowest BCUT2D eigenvalue weighted by molar-refractivity contribution is 0.102. The Balaban J connectivity index is 2.50. The molecule has 1 aromatic heterocycles. The van der Waals surface area contributed by atoms with Crippen LogP contribution in [0.2, 0.25) is 5.02 Å². The molecule has 0 amide bonds. The first-order valence-electron chi connectivity index (χ1n) is 4.75. The molecule has 0 saturated heterocycles. The molecule has 0 aliphatic heterocycles. The van der Waals surface area contributed by atoms with Gasteiger partial charge in [-0.1, -0.05) is 28.9 Å². The van der Waals surface area contributed by atoms with Crippen LogP contribution in [0.1, 0.15) is 21.6 Å². The molecule has 2 rings (SSSR count). The second-order valence-corrected chi connectivity index (χ2v) is 3.89. The summed E-state index contributed by atoms with van der Waals surface area (Å²) in [5.74, 6) is -0.118. The number of halogens is 1. The van der Waals surface area contributed by atoms with Crippen molar-refractivity contribution in [2.45, 2.75) is 6.92 Å². The lowest BCUT2D eigenvalue weighted by atomic mass is 10.0. The number of carbonyl (C=O) groups is 1. The van der Waals surface area contributed by atoms with Gasteiger partial charge < -0.3 is 0 Å². The third-order valence-electron chi connectivity index (χ3n) is 2.46. The quantitative estimate of drug-likeness (QED) is 0.748. The fourth-order valence-corrected chi connectivity index (χ4v) is 1.66. The van der Waals surface area contributed by atoms with E-state index in [9.17, 15) is 4.79 Å². The molecule has 0 unspecified atom stereocenters. The number of ketones is 1. The lowest BCUT2D eigenvalue weighted by Gasteiger charge is -2.05. The number of nitrogens with zero attached hydrogens (tertiary/aromatic N) is 3. The van der Waals surface area contributed by atoms with Gasteiger partial charge in [-0.05, 0) is 18.6 Å². The molecule has 0 bridgehead atoms. The standard InChI is InChI=1S/C11H10ClN3O/c1-7-8(4-3-5-9(7)12)11(16)10-6-13-14-15(10)2/h3-6H,1-2H3. The molecule has 0 fully saturated rings. The molecule has 0 spiro atoms. The van der Waals surface area contributed by atoms with Crippen molar-refractivity contribution in [1.82, 2.24) is 15.0 Å². The van der Waals surface area contributed by atoms with Gasteiger partial charge in [0, 0.05) is 17.6 Å². The minimum atomic E-state index is -0.118. The number of hydrogen-bond acceptors (Lipinski definition) is 3. The Morgan fingerprint density at radius 3 is 2.81 bits per heavy atom. The number of aromatic nitrogens is 3. The Morgan fingerprint density at radius 2 is 2.19 bits per heavy atom. The monoisotopic (exact) mass is 235 g/mol. The zero-order valence-electron chi connectivity index (χ0n) is 8.94. The van der Waals surface area contributed by atoms with Crippen LogP contribution in [-0.4, -0.2) is 20.8 Å². The lowest BCUT2D eigenvalue weighted by Crippen LogP contribution is -2.09. The average Bonchev–Trinajstić information content (AvgIpc) is 2.68. The molecule has 82 valence electrons. The molecule has 0 radical (unpaired) electrons. The predicted molar refractivity (Wildman–Crippen MR) is 60.6 cm³/mol. The summed E-state index contributed by atoms with van der Waals surface area (Å²) < 4.78 is 1.45. The Kier molecular flexibility index (Phi) is 2.75. The minimum absolute atomic E-state index is 0.118. The summed E-state index contributed by atoms with van der Waals surface area (Å²) in [5, 5.41) is 7.99. The van der Waals surface area contributed by atoms with E-state index in [2.05, 4.69) is 10.3 Å². The maximum absolute atomic E-state index is 12.1. The average molecular weight is 236 g/mol. The molecule has 4 nitrogen and oxygen atoms in total. The van der Waals surface area contributed by atoms with Crippen LogP contribution >= 0.6 is 11.6 Å². The first-order valence-corrected chi connectivity index (χ1v) is 5.13. The maximum Gasteiger partial charge on any atom is 0.212 e. The number of carbonyl (C=O) groups excluding carboxylic acids is 1. The first-order chi connectivity index (χ1) is 7.61. The summed E-state index contributed by atoms with van der Waals surface area (Å²) in [6.07, 6.45) is 1.45. The summed E-state index contributed by atoms with van der Waals surface area (Å²) in [6.45, 7) is 1.82. The van der Waals surface area contributed by atoms with Crippen LogP contribution in [0.4, 0.5) is 0 Å². The second-order valence-electron chi connectivity index (χ2n) is 3.48. The molecular formula is C11H10ClN3O. The number of rotatable bonds is 2. The fourth-order valence-electron chi connectivity index (χ4n) is 1.49. The van der Waals surface area contributed by atoms with E-state index >= 15 is 0 Å². The molecule has 0 atom stereocenters. The molecular weight excluding hydrogens is 226 g/mol. The first kappa shape index (κ1) is 10.8. The van der Waals surface area contributed by atoms with Gasteiger partial charge in [0.2, 0.25) is 5.78 Å². The van der Waals surface area contributed by atoms with Crippen molar-refractivity contribution in [1.29, 1.82) is 0 Å². The van der Waals surface area contributed by atoms with Gasteiger partial charge >= 0.3 is 0 Å². The van der Waals surface area contributed by atoms with E-state index in [0.717, 1.165) is 5.56 Å². The van der Waals surface area contributed by atoms with Gasteiger partial charge in [-0.15, -0.1) is 5.10 Å². The van der Waals surface area contributed by atoms with Gasteiger partial charge in [-0.25, -0.2) is 4.68 Å². The third kappa shape index (κ3) is 1.72. The van der Waals surface area contributed by atoms with E-state index in [4.69, 9.17) is 11.6 Å². The summed E-state index contributed by atoms with van der Waals surface area (Å²) >= 11 is 5.97. The Bertz CT molecular complexity index is 548.